The SMILES string of the molecule is Cc1ncsc1CN1C(=O)CN(Cc2ccccc2Cl)C(=O)[C@@H]1C. The van der Waals surface area contributed by atoms with Gasteiger partial charge in [-0.2, -0.15) is 0 Å². The molecule has 0 aliphatic carbocycles. The molecule has 0 unspecified atom stereocenters. The van der Waals surface area contributed by atoms with Crippen LogP contribution in [0.3, 0.4) is 0 Å². The summed E-state index contributed by atoms with van der Waals surface area (Å²) in [6.45, 7) is 4.54. The van der Waals surface area contributed by atoms with Gasteiger partial charge in [0.1, 0.15) is 12.6 Å². The van der Waals surface area contributed by atoms with Gasteiger partial charge in [-0.05, 0) is 25.5 Å². The van der Waals surface area contributed by atoms with Crippen LogP contribution in [0.25, 0.3) is 0 Å². The van der Waals surface area contributed by atoms with Gasteiger partial charge < -0.3 is 9.80 Å². The summed E-state index contributed by atoms with van der Waals surface area (Å²) in [5.41, 5.74) is 3.51. The second kappa shape index (κ2) is 6.91. The van der Waals surface area contributed by atoms with Crippen molar-refractivity contribution in [2.75, 3.05) is 6.54 Å². The third-order valence-corrected chi connectivity index (χ3v) is 5.55. The van der Waals surface area contributed by atoms with Crippen LogP contribution in [0.1, 0.15) is 23.1 Å². The second-order valence-corrected chi connectivity index (χ2v) is 7.19. The fourth-order valence-corrected chi connectivity index (χ4v) is 3.74. The minimum atomic E-state index is -0.491. The molecule has 1 aromatic heterocycles. The summed E-state index contributed by atoms with van der Waals surface area (Å²) < 4.78 is 0. The number of halogens is 1. The third kappa shape index (κ3) is 3.30. The van der Waals surface area contributed by atoms with E-state index in [1.807, 2.05) is 25.1 Å². The summed E-state index contributed by atoms with van der Waals surface area (Å²) >= 11 is 7.67. The molecule has 1 fully saturated rings. The van der Waals surface area contributed by atoms with E-state index in [0.717, 1.165) is 16.1 Å². The van der Waals surface area contributed by atoms with Gasteiger partial charge in [-0.3, -0.25) is 9.59 Å². The van der Waals surface area contributed by atoms with E-state index in [0.29, 0.717) is 18.1 Å². The lowest BCUT2D eigenvalue weighted by atomic mass is 10.1. The molecule has 1 aliphatic heterocycles. The molecule has 24 heavy (non-hydrogen) atoms. The first-order chi connectivity index (χ1) is 11.5. The molecule has 2 aromatic rings. The Labute approximate surface area is 149 Å². The van der Waals surface area contributed by atoms with Crippen molar-refractivity contribution in [3.63, 3.8) is 0 Å². The number of carbonyl (C=O) groups is 2. The Kier molecular flexibility index (Phi) is 4.87. The summed E-state index contributed by atoms with van der Waals surface area (Å²) in [5.74, 6) is -0.112. The Morgan fingerprint density at radius 3 is 2.71 bits per heavy atom. The van der Waals surface area contributed by atoms with Crippen LogP contribution in [0.2, 0.25) is 5.02 Å². The van der Waals surface area contributed by atoms with Gasteiger partial charge in [0.25, 0.3) is 0 Å². The lowest BCUT2D eigenvalue weighted by molar-refractivity contribution is -0.156. The van der Waals surface area contributed by atoms with E-state index in [1.165, 1.54) is 11.3 Å². The van der Waals surface area contributed by atoms with E-state index >= 15 is 0 Å². The molecule has 2 amide bonds. The molecular weight excluding hydrogens is 346 g/mol. The standard InChI is InChI=1S/C17H18ClN3O2S/c1-11-15(24-10-19-11)8-21-12(2)17(23)20(9-16(21)22)7-13-5-3-4-6-14(13)18/h3-6,10,12H,7-9H2,1-2H3/t12-/m0/s1. The predicted molar refractivity (Wildman–Crippen MR) is 93.7 cm³/mol. The molecule has 7 heteroatoms. The van der Waals surface area contributed by atoms with E-state index in [4.69, 9.17) is 11.6 Å². The number of benzene rings is 1. The molecule has 1 aromatic carbocycles. The largest absolute Gasteiger partial charge is 0.327 e. The average Bonchev–Trinajstić information content (AvgIpc) is 2.96. The van der Waals surface area contributed by atoms with Gasteiger partial charge in [0.15, 0.2) is 0 Å². The van der Waals surface area contributed by atoms with E-state index < -0.39 is 6.04 Å². The Hall–Kier alpha value is -1.92. The number of piperazine rings is 1. The highest BCUT2D eigenvalue weighted by Crippen LogP contribution is 2.23. The topological polar surface area (TPSA) is 53.5 Å². The number of aryl methyl sites for hydroxylation is 1. The molecule has 0 bridgehead atoms. The molecule has 1 atom stereocenters. The smallest absolute Gasteiger partial charge is 0.245 e. The number of rotatable bonds is 4. The quantitative estimate of drug-likeness (QED) is 0.839. The average molecular weight is 364 g/mol. The molecule has 1 saturated heterocycles. The highest BCUT2D eigenvalue weighted by atomic mass is 35.5. The zero-order valence-corrected chi connectivity index (χ0v) is 15.1. The lowest BCUT2D eigenvalue weighted by Gasteiger charge is -2.38. The summed E-state index contributed by atoms with van der Waals surface area (Å²) in [5, 5.41) is 0.605. The minimum absolute atomic E-state index is 0.0537. The molecule has 1 aliphatic rings. The van der Waals surface area contributed by atoms with Crippen LogP contribution < -0.4 is 0 Å². The summed E-state index contributed by atoms with van der Waals surface area (Å²) in [4.78, 5) is 33.7. The van der Waals surface area contributed by atoms with Gasteiger partial charge in [-0.15, -0.1) is 11.3 Å². The van der Waals surface area contributed by atoms with Gasteiger partial charge in [-0.25, -0.2) is 4.98 Å². The van der Waals surface area contributed by atoms with Crippen molar-refractivity contribution >= 4 is 34.8 Å². The molecule has 0 saturated carbocycles. The van der Waals surface area contributed by atoms with Crippen LogP contribution in [0, 0.1) is 6.92 Å². The fourth-order valence-electron chi connectivity index (χ4n) is 2.77. The first kappa shape index (κ1) is 16.9. The Bertz CT molecular complexity index is 777. The molecule has 126 valence electrons. The van der Waals surface area contributed by atoms with Crippen LogP contribution in [0.4, 0.5) is 0 Å². The number of nitrogens with zero attached hydrogens (tertiary/aromatic N) is 3. The Morgan fingerprint density at radius 1 is 1.29 bits per heavy atom. The van der Waals surface area contributed by atoms with Crippen LogP contribution in [-0.4, -0.2) is 39.2 Å². The molecule has 5 nitrogen and oxygen atoms in total. The highest BCUT2D eigenvalue weighted by Gasteiger charge is 2.36. The van der Waals surface area contributed by atoms with E-state index in [1.54, 1.807) is 28.3 Å². The van der Waals surface area contributed by atoms with Gasteiger partial charge >= 0.3 is 0 Å². The maximum absolute atomic E-state index is 12.7. The zero-order chi connectivity index (χ0) is 17.3. The summed E-state index contributed by atoms with van der Waals surface area (Å²) in [6.07, 6.45) is 0. The summed E-state index contributed by atoms with van der Waals surface area (Å²) in [6, 6.07) is 6.89. The van der Waals surface area contributed by atoms with Crippen LogP contribution >= 0.6 is 22.9 Å². The lowest BCUT2D eigenvalue weighted by Crippen LogP contribution is -2.58. The number of hydrogen-bond acceptors (Lipinski definition) is 4. The maximum atomic E-state index is 12.7. The monoisotopic (exact) mass is 363 g/mol. The van der Waals surface area contributed by atoms with E-state index in [9.17, 15) is 9.59 Å². The number of thiazole rings is 1. The molecule has 0 spiro atoms. The second-order valence-electron chi connectivity index (χ2n) is 5.84. The van der Waals surface area contributed by atoms with E-state index in [-0.39, 0.29) is 18.4 Å². The maximum Gasteiger partial charge on any atom is 0.245 e. The molecule has 3 rings (SSSR count). The van der Waals surface area contributed by atoms with Crippen molar-refractivity contribution < 1.29 is 9.59 Å². The Balaban J connectivity index is 1.75. The van der Waals surface area contributed by atoms with Crippen molar-refractivity contribution in [1.29, 1.82) is 0 Å². The number of hydrogen-bond donors (Lipinski definition) is 0. The van der Waals surface area contributed by atoms with Crippen molar-refractivity contribution in [2.24, 2.45) is 0 Å². The van der Waals surface area contributed by atoms with Crippen molar-refractivity contribution in [3.05, 3.63) is 50.9 Å². The van der Waals surface area contributed by atoms with Crippen molar-refractivity contribution in [1.82, 2.24) is 14.8 Å². The van der Waals surface area contributed by atoms with Crippen LogP contribution in [-0.2, 0) is 22.7 Å². The first-order valence-electron chi connectivity index (χ1n) is 7.68. The van der Waals surface area contributed by atoms with Crippen molar-refractivity contribution in [3.8, 4) is 0 Å². The molecule has 2 heterocycles. The fraction of sp³-hybridized carbons (Fsp3) is 0.353. The molecule has 0 radical (unpaired) electrons. The van der Waals surface area contributed by atoms with Crippen LogP contribution in [0.15, 0.2) is 29.8 Å². The number of aromatic nitrogens is 1. The molecule has 0 N–H and O–H groups in total. The predicted octanol–water partition coefficient (Wildman–Crippen LogP) is 2.86. The summed E-state index contributed by atoms with van der Waals surface area (Å²) in [7, 11) is 0. The van der Waals surface area contributed by atoms with Crippen molar-refractivity contribution in [2.45, 2.75) is 33.0 Å². The first-order valence-corrected chi connectivity index (χ1v) is 8.93. The molecular formula is C17H18ClN3O2S. The van der Waals surface area contributed by atoms with Gasteiger partial charge in [0.2, 0.25) is 11.8 Å². The number of carbonyl (C=O) groups excluding carboxylic acids is 2. The van der Waals surface area contributed by atoms with Crippen LogP contribution in [0.5, 0.6) is 0 Å². The van der Waals surface area contributed by atoms with E-state index in [2.05, 4.69) is 4.98 Å². The highest BCUT2D eigenvalue weighted by molar-refractivity contribution is 7.09. The Morgan fingerprint density at radius 2 is 2.04 bits per heavy atom. The normalized spacial score (nSPS) is 18.4. The zero-order valence-electron chi connectivity index (χ0n) is 13.5. The van der Waals surface area contributed by atoms with Gasteiger partial charge in [-0.1, -0.05) is 29.8 Å². The minimum Gasteiger partial charge on any atom is -0.327 e. The van der Waals surface area contributed by atoms with Gasteiger partial charge in [0, 0.05) is 16.4 Å². The number of amides is 2. The third-order valence-electron chi connectivity index (χ3n) is 4.26. The van der Waals surface area contributed by atoms with Gasteiger partial charge in [0.05, 0.1) is 17.7 Å².